The van der Waals surface area contributed by atoms with Gasteiger partial charge in [-0.25, -0.2) is 0 Å². The Labute approximate surface area is 130 Å². The van der Waals surface area contributed by atoms with Crippen LogP contribution < -0.4 is 0 Å². The Hall–Kier alpha value is -2.06. The number of halogens is 3. The van der Waals surface area contributed by atoms with Crippen molar-refractivity contribution < 1.29 is 22.8 Å². The molecule has 6 nitrogen and oxygen atoms in total. The van der Waals surface area contributed by atoms with Gasteiger partial charge in [0.2, 0.25) is 11.8 Å². The zero-order chi connectivity index (χ0) is 16.8. The standard InChI is InChI=1S/C14H17F3N4O2/c1-2-20-7-21(6-11(20)22)13(23)8-3-4-10-9(5-8)12(19-18-10)14(15,16)17/h8H,2-7H2,1H3,(H,18,19). The van der Waals surface area contributed by atoms with Gasteiger partial charge in [0.1, 0.15) is 6.54 Å². The summed E-state index contributed by atoms with van der Waals surface area (Å²) in [4.78, 5) is 27.2. The van der Waals surface area contributed by atoms with E-state index in [0.717, 1.165) is 0 Å². The van der Waals surface area contributed by atoms with Crippen LogP contribution in [0.4, 0.5) is 13.2 Å². The average molecular weight is 330 g/mol. The molecular formula is C14H17F3N4O2. The van der Waals surface area contributed by atoms with Crippen molar-refractivity contribution in [2.24, 2.45) is 5.92 Å². The quantitative estimate of drug-likeness (QED) is 0.885. The van der Waals surface area contributed by atoms with Gasteiger partial charge in [0.25, 0.3) is 0 Å². The maximum atomic E-state index is 13.0. The Bertz CT molecular complexity index is 640. The first-order chi connectivity index (χ1) is 10.8. The monoisotopic (exact) mass is 330 g/mol. The molecule has 0 radical (unpaired) electrons. The number of amides is 2. The molecule has 3 rings (SSSR count). The van der Waals surface area contributed by atoms with Gasteiger partial charge in [0, 0.05) is 23.7 Å². The minimum absolute atomic E-state index is 0.00749. The molecule has 1 saturated heterocycles. The molecule has 9 heteroatoms. The van der Waals surface area contributed by atoms with E-state index in [1.807, 2.05) is 6.92 Å². The highest BCUT2D eigenvalue weighted by Crippen LogP contribution is 2.36. The van der Waals surface area contributed by atoms with E-state index in [4.69, 9.17) is 0 Å². The van der Waals surface area contributed by atoms with Gasteiger partial charge >= 0.3 is 6.18 Å². The summed E-state index contributed by atoms with van der Waals surface area (Å²) in [7, 11) is 0. The molecule has 2 heterocycles. The number of likely N-dealkylation sites (N-methyl/N-ethyl adjacent to an activating group) is 1. The molecule has 1 aromatic rings. The SMILES string of the molecule is CCN1CN(C(=O)C2CCc3[nH]nc(C(F)(F)F)c3C2)CC1=O. The van der Waals surface area contributed by atoms with E-state index in [2.05, 4.69) is 10.2 Å². The fraction of sp³-hybridized carbons (Fsp3) is 0.643. The fourth-order valence-corrected chi connectivity index (χ4v) is 3.22. The van der Waals surface area contributed by atoms with Crippen molar-refractivity contribution in [2.45, 2.75) is 32.4 Å². The van der Waals surface area contributed by atoms with Gasteiger partial charge in [-0.3, -0.25) is 14.7 Å². The molecule has 23 heavy (non-hydrogen) atoms. The Morgan fingerprint density at radius 1 is 1.43 bits per heavy atom. The van der Waals surface area contributed by atoms with Crippen LogP contribution >= 0.6 is 0 Å². The first kappa shape index (κ1) is 15.8. The Morgan fingerprint density at radius 2 is 2.17 bits per heavy atom. The Kier molecular flexibility index (Phi) is 3.81. The van der Waals surface area contributed by atoms with Crippen molar-refractivity contribution in [3.05, 3.63) is 17.0 Å². The van der Waals surface area contributed by atoms with E-state index in [1.54, 1.807) is 4.90 Å². The van der Waals surface area contributed by atoms with Gasteiger partial charge in [-0.1, -0.05) is 0 Å². The van der Waals surface area contributed by atoms with Crippen molar-refractivity contribution in [1.29, 1.82) is 0 Å². The molecule has 0 bridgehead atoms. The van der Waals surface area contributed by atoms with Crippen LogP contribution in [0.1, 0.15) is 30.3 Å². The number of carbonyl (C=O) groups is 2. The molecule has 1 aliphatic heterocycles. The predicted octanol–water partition coefficient (Wildman–Crippen LogP) is 1.18. The number of rotatable bonds is 2. The van der Waals surface area contributed by atoms with Crippen molar-refractivity contribution >= 4 is 11.8 Å². The van der Waals surface area contributed by atoms with Gasteiger partial charge in [-0.2, -0.15) is 18.3 Å². The highest BCUT2D eigenvalue weighted by Gasteiger charge is 2.42. The van der Waals surface area contributed by atoms with Crippen LogP contribution in [0.2, 0.25) is 0 Å². The minimum atomic E-state index is -4.53. The van der Waals surface area contributed by atoms with Gasteiger partial charge < -0.3 is 9.80 Å². The highest BCUT2D eigenvalue weighted by molar-refractivity contribution is 5.89. The van der Waals surface area contributed by atoms with Crippen LogP contribution in [0.5, 0.6) is 0 Å². The summed E-state index contributed by atoms with van der Waals surface area (Å²) in [6, 6.07) is 0. The number of nitrogens with one attached hydrogen (secondary N) is 1. The van der Waals surface area contributed by atoms with Crippen molar-refractivity contribution in [1.82, 2.24) is 20.0 Å². The first-order valence-corrected chi connectivity index (χ1v) is 7.51. The summed E-state index contributed by atoms with van der Waals surface area (Å²) in [6.07, 6.45) is -3.70. The molecule has 2 aliphatic rings. The third-order valence-electron chi connectivity index (χ3n) is 4.48. The van der Waals surface area contributed by atoms with Crippen molar-refractivity contribution in [2.75, 3.05) is 19.8 Å². The van der Waals surface area contributed by atoms with Gasteiger partial charge in [-0.05, 0) is 26.2 Å². The molecular weight excluding hydrogens is 313 g/mol. The fourth-order valence-electron chi connectivity index (χ4n) is 3.22. The van der Waals surface area contributed by atoms with Crippen LogP contribution in [0.15, 0.2) is 0 Å². The Morgan fingerprint density at radius 3 is 2.78 bits per heavy atom. The van der Waals surface area contributed by atoms with Crippen LogP contribution in [0, 0.1) is 5.92 Å². The normalized spacial score (nSPS) is 21.7. The third kappa shape index (κ3) is 2.79. The van der Waals surface area contributed by atoms with E-state index in [9.17, 15) is 22.8 Å². The zero-order valence-corrected chi connectivity index (χ0v) is 12.6. The molecule has 0 aromatic carbocycles. The number of nitrogens with zero attached hydrogens (tertiary/aromatic N) is 3. The lowest BCUT2D eigenvalue weighted by molar-refractivity contribution is -0.142. The number of carbonyl (C=O) groups excluding carboxylic acids is 2. The van der Waals surface area contributed by atoms with Crippen molar-refractivity contribution in [3.63, 3.8) is 0 Å². The van der Waals surface area contributed by atoms with E-state index >= 15 is 0 Å². The van der Waals surface area contributed by atoms with Gasteiger partial charge in [0.05, 0.1) is 6.67 Å². The number of aromatic amines is 1. The summed E-state index contributed by atoms with van der Waals surface area (Å²) in [5.74, 6) is -0.920. The molecule has 1 unspecified atom stereocenters. The van der Waals surface area contributed by atoms with Crippen LogP contribution in [-0.4, -0.2) is 51.6 Å². The van der Waals surface area contributed by atoms with Gasteiger partial charge in [-0.15, -0.1) is 0 Å². The number of aromatic nitrogens is 2. The van der Waals surface area contributed by atoms with Crippen LogP contribution in [0.25, 0.3) is 0 Å². The van der Waals surface area contributed by atoms with Crippen molar-refractivity contribution in [3.8, 4) is 0 Å². The number of hydrogen-bond donors (Lipinski definition) is 1. The maximum Gasteiger partial charge on any atom is 0.435 e. The summed E-state index contributed by atoms with van der Waals surface area (Å²) in [5, 5.41) is 5.79. The largest absolute Gasteiger partial charge is 0.435 e. The second-order valence-corrected chi connectivity index (χ2v) is 5.89. The lowest BCUT2D eigenvalue weighted by Gasteiger charge is -2.26. The first-order valence-electron chi connectivity index (χ1n) is 7.51. The van der Waals surface area contributed by atoms with E-state index in [-0.39, 0.29) is 37.0 Å². The zero-order valence-electron chi connectivity index (χ0n) is 12.6. The predicted molar refractivity (Wildman–Crippen MR) is 73.1 cm³/mol. The molecule has 0 saturated carbocycles. The number of fused-ring (bicyclic) bond motifs is 1. The van der Waals surface area contributed by atoms with Crippen LogP contribution in [-0.2, 0) is 28.6 Å². The number of aryl methyl sites for hydroxylation is 1. The van der Waals surface area contributed by atoms with Gasteiger partial charge in [0.15, 0.2) is 5.69 Å². The molecule has 126 valence electrons. The third-order valence-corrected chi connectivity index (χ3v) is 4.48. The van der Waals surface area contributed by atoms with E-state index < -0.39 is 17.8 Å². The molecule has 1 aromatic heterocycles. The molecule has 1 fully saturated rings. The summed E-state index contributed by atoms with van der Waals surface area (Å²) in [6.45, 7) is 2.56. The smallest absolute Gasteiger partial charge is 0.324 e. The van der Waals surface area contributed by atoms with Crippen LogP contribution in [0.3, 0.4) is 0 Å². The summed E-state index contributed by atoms with van der Waals surface area (Å²) >= 11 is 0. The molecule has 1 aliphatic carbocycles. The van der Waals surface area contributed by atoms with E-state index in [0.29, 0.717) is 25.1 Å². The lowest BCUT2D eigenvalue weighted by atomic mass is 9.85. The second kappa shape index (κ2) is 5.54. The average Bonchev–Trinajstić information content (AvgIpc) is 3.08. The molecule has 0 spiro atoms. The molecule has 1 atom stereocenters. The lowest BCUT2D eigenvalue weighted by Crippen LogP contribution is -2.38. The van der Waals surface area contributed by atoms with E-state index in [1.165, 1.54) is 4.90 Å². The highest BCUT2D eigenvalue weighted by atomic mass is 19.4. The topological polar surface area (TPSA) is 69.3 Å². The number of hydrogen-bond acceptors (Lipinski definition) is 3. The Balaban J connectivity index is 1.76. The minimum Gasteiger partial charge on any atom is -0.324 e. The number of H-pyrrole nitrogens is 1. The molecule has 1 N–H and O–H groups in total. The summed E-state index contributed by atoms with van der Waals surface area (Å²) in [5.41, 5.74) is -0.397. The molecule has 2 amide bonds. The number of alkyl halides is 3. The second-order valence-electron chi connectivity index (χ2n) is 5.89. The maximum absolute atomic E-state index is 13.0. The summed E-state index contributed by atoms with van der Waals surface area (Å²) < 4.78 is 38.9.